The fourth-order valence-electron chi connectivity index (χ4n) is 2.97. The molecule has 0 saturated carbocycles. The van der Waals surface area contributed by atoms with Crippen molar-refractivity contribution in [3.8, 4) is 0 Å². The molecule has 1 aromatic heterocycles. The fourth-order valence-corrected chi connectivity index (χ4v) is 5.68. The molecule has 1 heterocycles. The monoisotopic (exact) mass is 483 g/mol. The molecule has 3 aromatic carbocycles. The zero-order valence-electron chi connectivity index (χ0n) is 16.7. The second-order valence-electron chi connectivity index (χ2n) is 6.83. The molecule has 0 radical (unpaired) electrons. The lowest BCUT2D eigenvalue weighted by atomic mass is 10.2. The Hall–Kier alpha value is -3.21. The number of primary amides is 1. The standard InChI is InChI=1S/C22H17N3O4S3/c1-32(28,29)13-10-11-16-19(12-13)31-22(24-16)25-21(27)15-7-3-5-9-18(15)30-17-8-4-2-6-14(17)20(23)26/h2-12H,1H3,(H2,23,26)(H,24,25,27). The van der Waals surface area contributed by atoms with Gasteiger partial charge in [0, 0.05) is 16.0 Å². The molecule has 0 aliphatic rings. The van der Waals surface area contributed by atoms with Gasteiger partial charge in [0.05, 0.1) is 26.2 Å². The number of nitrogens with one attached hydrogen (secondary N) is 1. The van der Waals surface area contributed by atoms with Crippen molar-refractivity contribution < 1.29 is 18.0 Å². The van der Waals surface area contributed by atoms with E-state index in [1.807, 2.05) is 0 Å². The van der Waals surface area contributed by atoms with Gasteiger partial charge in [-0.15, -0.1) is 0 Å². The minimum absolute atomic E-state index is 0.196. The molecule has 0 atom stereocenters. The van der Waals surface area contributed by atoms with Crippen LogP contribution in [0.25, 0.3) is 10.2 Å². The minimum atomic E-state index is -3.34. The van der Waals surface area contributed by atoms with E-state index in [2.05, 4.69) is 10.3 Å². The molecule has 7 nitrogen and oxygen atoms in total. The normalized spacial score (nSPS) is 11.4. The van der Waals surface area contributed by atoms with E-state index in [4.69, 9.17) is 5.73 Å². The maximum Gasteiger partial charge on any atom is 0.258 e. The molecular weight excluding hydrogens is 466 g/mol. The second kappa shape index (κ2) is 8.73. The molecule has 0 aliphatic heterocycles. The van der Waals surface area contributed by atoms with Gasteiger partial charge in [-0.05, 0) is 42.5 Å². The Bertz CT molecular complexity index is 1460. The number of amides is 2. The van der Waals surface area contributed by atoms with Crippen LogP contribution < -0.4 is 11.1 Å². The number of anilines is 1. The SMILES string of the molecule is CS(=O)(=O)c1ccc2nc(NC(=O)c3ccccc3Sc3ccccc3C(N)=O)sc2c1. The largest absolute Gasteiger partial charge is 0.366 e. The highest BCUT2D eigenvalue weighted by Crippen LogP contribution is 2.34. The molecule has 0 bridgehead atoms. The van der Waals surface area contributed by atoms with Crippen molar-refractivity contribution in [2.75, 3.05) is 11.6 Å². The first-order valence-corrected chi connectivity index (χ1v) is 12.8. The number of thiazole rings is 1. The van der Waals surface area contributed by atoms with Crippen molar-refractivity contribution in [2.45, 2.75) is 14.7 Å². The summed E-state index contributed by atoms with van der Waals surface area (Å²) in [5.41, 5.74) is 6.85. The van der Waals surface area contributed by atoms with Gasteiger partial charge in [0.1, 0.15) is 0 Å². The van der Waals surface area contributed by atoms with Gasteiger partial charge in [-0.2, -0.15) is 0 Å². The minimum Gasteiger partial charge on any atom is -0.366 e. The van der Waals surface area contributed by atoms with Gasteiger partial charge < -0.3 is 5.73 Å². The van der Waals surface area contributed by atoms with Crippen LogP contribution in [0.1, 0.15) is 20.7 Å². The number of benzene rings is 3. The predicted octanol–water partition coefficient (Wildman–Crippen LogP) is 4.20. The van der Waals surface area contributed by atoms with Crippen molar-refractivity contribution in [3.63, 3.8) is 0 Å². The van der Waals surface area contributed by atoms with Gasteiger partial charge in [-0.25, -0.2) is 13.4 Å². The average Bonchev–Trinajstić information content (AvgIpc) is 3.15. The molecule has 0 spiro atoms. The van der Waals surface area contributed by atoms with Crippen LogP contribution in [0.15, 0.2) is 81.4 Å². The van der Waals surface area contributed by atoms with Crippen LogP contribution in [0, 0.1) is 0 Å². The van der Waals surface area contributed by atoms with Crippen molar-refractivity contribution in [1.82, 2.24) is 4.98 Å². The fraction of sp³-hybridized carbons (Fsp3) is 0.0455. The number of hydrogen-bond acceptors (Lipinski definition) is 7. The number of carbonyl (C=O) groups is 2. The van der Waals surface area contributed by atoms with Crippen molar-refractivity contribution in [3.05, 3.63) is 77.9 Å². The molecule has 32 heavy (non-hydrogen) atoms. The molecule has 4 rings (SSSR count). The van der Waals surface area contributed by atoms with Crippen molar-refractivity contribution in [2.24, 2.45) is 5.73 Å². The smallest absolute Gasteiger partial charge is 0.258 e. The first-order chi connectivity index (χ1) is 15.2. The van der Waals surface area contributed by atoms with Gasteiger partial charge in [0.25, 0.3) is 5.91 Å². The summed E-state index contributed by atoms with van der Waals surface area (Å²) in [7, 11) is -3.34. The number of hydrogen-bond donors (Lipinski definition) is 2. The van der Waals surface area contributed by atoms with E-state index in [0.717, 1.165) is 6.26 Å². The zero-order chi connectivity index (χ0) is 22.9. The molecule has 0 aliphatic carbocycles. The van der Waals surface area contributed by atoms with Crippen LogP contribution in [0.5, 0.6) is 0 Å². The third-order valence-corrected chi connectivity index (χ3v) is 7.71. The van der Waals surface area contributed by atoms with Crippen LogP contribution in [-0.4, -0.2) is 31.5 Å². The number of sulfone groups is 1. The third kappa shape index (κ3) is 4.67. The average molecular weight is 484 g/mol. The van der Waals surface area contributed by atoms with E-state index in [1.165, 1.54) is 29.2 Å². The number of aromatic nitrogens is 1. The van der Waals surface area contributed by atoms with E-state index >= 15 is 0 Å². The second-order valence-corrected chi connectivity index (χ2v) is 11.0. The summed E-state index contributed by atoms with van der Waals surface area (Å²) in [4.78, 5) is 30.6. The van der Waals surface area contributed by atoms with Gasteiger partial charge in [0.2, 0.25) is 5.91 Å². The van der Waals surface area contributed by atoms with E-state index in [1.54, 1.807) is 60.7 Å². The highest BCUT2D eigenvalue weighted by Gasteiger charge is 2.17. The maximum atomic E-state index is 13.0. The Kier molecular flexibility index (Phi) is 6.00. The molecule has 0 unspecified atom stereocenters. The topological polar surface area (TPSA) is 119 Å². The summed E-state index contributed by atoms with van der Waals surface area (Å²) in [5, 5.41) is 3.14. The number of nitrogens with two attached hydrogens (primary N) is 1. The maximum absolute atomic E-state index is 13.0. The highest BCUT2D eigenvalue weighted by atomic mass is 32.2. The number of fused-ring (bicyclic) bond motifs is 1. The molecular formula is C22H17N3O4S3. The Labute approximate surface area is 192 Å². The lowest BCUT2D eigenvalue weighted by Gasteiger charge is -2.10. The van der Waals surface area contributed by atoms with Crippen molar-refractivity contribution in [1.29, 1.82) is 0 Å². The summed E-state index contributed by atoms with van der Waals surface area (Å²) in [5.74, 6) is -0.912. The Morgan fingerprint density at radius 2 is 1.59 bits per heavy atom. The van der Waals surface area contributed by atoms with Crippen LogP contribution >= 0.6 is 23.1 Å². The first-order valence-electron chi connectivity index (χ1n) is 9.30. The number of rotatable bonds is 6. The quantitative estimate of drug-likeness (QED) is 0.424. The molecule has 4 aromatic rings. The molecule has 2 amide bonds. The van der Waals surface area contributed by atoms with Gasteiger partial charge >= 0.3 is 0 Å². The lowest BCUT2D eigenvalue weighted by Crippen LogP contribution is -2.13. The predicted molar refractivity (Wildman–Crippen MR) is 126 cm³/mol. The summed E-state index contributed by atoms with van der Waals surface area (Å²) in [6.07, 6.45) is 1.14. The van der Waals surface area contributed by atoms with Crippen molar-refractivity contribution >= 4 is 60.1 Å². The van der Waals surface area contributed by atoms with E-state index in [0.29, 0.717) is 36.3 Å². The van der Waals surface area contributed by atoms with Crippen LogP contribution in [0.4, 0.5) is 5.13 Å². The highest BCUT2D eigenvalue weighted by molar-refractivity contribution is 7.99. The van der Waals surface area contributed by atoms with Crippen LogP contribution in [0.2, 0.25) is 0 Å². The molecule has 162 valence electrons. The Morgan fingerprint density at radius 1 is 0.969 bits per heavy atom. The summed E-state index contributed by atoms with van der Waals surface area (Å²) in [6.45, 7) is 0. The third-order valence-electron chi connectivity index (χ3n) is 4.51. The van der Waals surface area contributed by atoms with Gasteiger partial charge in [-0.3, -0.25) is 14.9 Å². The zero-order valence-corrected chi connectivity index (χ0v) is 19.2. The summed E-state index contributed by atoms with van der Waals surface area (Å²) in [6, 6.07) is 18.6. The molecule has 10 heteroatoms. The molecule has 0 fully saturated rings. The van der Waals surface area contributed by atoms with Crippen LogP contribution in [-0.2, 0) is 9.84 Å². The van der Waals surface area contributed by atoms with E-state index in [9.17, 15) is 18.0 Å². The Balaban J connectivity index is 1.62. The van der Waals surface area contributed by atoms with Gasteiger partial charge in [-0.1, -0.05) is 47.4 Å². The van der Waals surface area contributed by atoms with E-state index < -0.39 is 15.7 Å². The molecule has 0 saturated heterocycles. The number of nitrogens with zero attached hydrogens (tertiary/aromatic N) is 1. The lowest BCUT2D eigenvalue weighted by molar-refractivity contribution is 0.0995. The summed E-state index contributed by atoms with van der Waals surface area (Å²) >= 11 is 2.46. The first kappa shape index (κ1) is 22.0. The van der Waals surface area contributed by atoms with Crippen LogP contribution in [0.3, 0.4) is 0 Å². The molecule has 3 N–H and O–H groups in total. The van der Waals surface area contributed by atoms with Gasteiger partial charge in [0.15, 0.2) is 15.0 Å². The number of carbonyl (C=O) groups excluding carboxylic acids is 2. The van der Waals surface area contributed by atoms with E-state index in [-0.39, 0.29) is 10.8 Å². The Morgan fingerprint density at radius 3 is 2.25 bits per heavy atom. The summed E-state index contributed by atoms with van der Waals surface area (Å²) < 4.78 is 24.2.